The Morgan fingerprint density at radius 1 is 0.391 bits per heavy atom. The second kappa shape index (κ2) is 24.9. The third-order valence-corrected chi connectivity index (χ3v) is 3.60. The summed E-state index contributed by atoms with van der Waals surface area (Å²) in [5.74, 6) is 0. The number of rotatable bonds is 6. The Labute approximate surface area is 197 Å². The fraction of sp³-hybridized carbons (Fsp3) is 0. The van der Waals surface area contributed by atoms with Crippen LogP contribution >= 0.6 is 49.5 Å². The van der Waals surface area contributed by atoms with Crippen molar-refractivity contribution in [2.45, 2.75) is 0 Å². The van der Waals surface area contributed by atoms with Gasteiger partial charge in [0.05, 0.1) is 0 Å². The zero-order chi connectivity index (χ0) is 17.6. The molecule has 0 fully saturated rings. The van der Waals surface area contributed by atoms with Gasteiger partial charge in [0.1, 0.15) is 12.9 Å². The molecule has 6 unspecified atom stereocenters. The molecular weight excluding hydrogens is 727 g/mol. The van der Waals surface area contributed by atoms with E-state index in [0.717, 1.165) is 0 Å². The first-order valence-electron chi connectivity index (χ1n) is 3.29. The first-order valence-corrected chi connectivity index (χ1v) is 9.86. The molecule has 0 aliphatic heterocycles. The first kappa shape index (κ1) is 36.8. The Morgan fingerprint density at radius 2 is 0.478 bits per heavy atom. The summed E-state index contributed by atoms with van der Waals surface area (Å²) in [6.45, 7) is 0. The smallest absolute Gasteiger partial charge is 0.563 e. The van der Waals surface area contributed by atoms with E-state index in [1.807, 2.05) is 0 Å². The van der Waals surface area contributed by atoms with Gasteiger partial charge in [0.25, 0.3) is 0 Å². The van der Waals surface area contributed by atoms with E-state index in [9.17, 15) is 56.8 Å². The topological polar surface area (TPSA) is 268 Å². The van der Waals surface area contributed by atoms with Gasteiger partial charge in [-0.1, -0.05) is 0 Å². The van der Waals surface area contributed by atoms with Crippen molar-refractivity contribution in [3.8, 4) is 0 Å². The normalized spacial score (nSPS) is 12.3. The van der Waals surface area contributed by atoms with Crippen molar-refractivity contribution in [1.82, 2.24) is 0 Å². The van der Waals surface area contributed by atoms with Crippen LogP contribution < -0.4 is 29.4 Å². The van der Waals surface area contributed by atoms with Crippen LogP contribution in [0.5, 0.6) is 0 Å². The van der Waals surface area contributed by atoms with E-state index in [-0.39, 0.29) is 80.8 Å². The molecule has 0 N–H and O–H groups in total. The quantitative estimate of drug-likeness (QED) is 0.249. The Morgan fingerprint density at radius 3 is 0.478 bits per heavy atom. The molecule has 0 aliphatic carbocycles. The molecule has 23 heavy (non-hydrogen) atoms. The molecule has 126 valence electrons. The van der Waals surface area contributed by atoms with Crippen molar-refractivity contribution >= 4 is 49.5 Å². The van der Waals surface area contributed by atoms with E-state index < -0.39 is 49.5 Å². The Balaban J connectivity index is -0.0000000675. The van der Waals surface area contributed by atoms with Crippen molar-refractivity contribution in [3.63, 3.8) is 0 Å². The molecule has 0 aromatic rings. The minimum Gasteiger partial charge on any atom is -0.563 e. The average Bonchev–Trinajstić information content (AvgIpc) is 2.10. The van der Waals surface area contributed by atoms with E-state index in [4.69, 9.17) is 0 Å². The van der Waals surface area contributed by atoms with Crippen LogP contribution in [0.15, 0.2) is 0 Å². The molecule has 2 radical (unpaired) electrons. The van der Waals surface area contributed by atoms with Crippen LogP contribution in [-0.4, -0.2) is 0 Å². The van der Waals surface area contributed by atoms with Crippen LogP contribution in [0.4, 0.5) is 0 Å². The van der Waals surface area contributed by atoms with Crippen LogP contribution in [0, 0.1) is 80.8 Å². The summed E-state index contributed by atoms with van der Waals surface area (Å²) in [7, 11) is -19.4. The molecular formula is O15P6Sm2+6. The van der Waals surface area contributed by atoms with Gasteiger partial charge in [0, 0.05) is 0 Å². The maximum atomic E-state index is 9.24. The van der Waals surface area contributed by atoms with Crippen LogP contribution in [0.25, 0.3) is 0 Å². The molecule has 0 aromatic carbocycles. The largest absolute Gasteiger partial charge is 3.00 e. The number of hydrogen-bond acceptors (Lipinski definition) is 15. The summed E-state index contributed by atoms with van der Waals surface area (Å²) in [5.41, 5.74) is 0. The summed E-state index contributed by atoms with van der Waals surface area (Å²) in [5, 5.41) is 0. The van der Waals surface area contributed by atoms with Gasteiger partial charge in [0.2, 0.25) is 0 Å². The van der Waals surface area contributed by atoms with Gasteiger partial charge >= 0.3 is 130 Å². The number of hydrogen-bond donors (Lipinski definition) is 0. The predicted molar refractivity (Wildman–Crippen MR) is 48.9 cm³/mol. The van der Waals surface area contributed by atoms with E-state index >= 15 is 0 Å². The minimum absolute atomic E-state index is 0. The second-order valence-electron chi connectivity index (χ2n) is 1.59. The Hall–Kier alpha value is 2.92. The van der Waals surface area contributed by atoms with E-state index in [2.05, 4.69) is 12.9 Å². The van der Waals surface area contributed by atoms with Crippen molar-refractivity contribution in [3.05, 3.63) is 0 Å². The SMILES string of the molecule is O=[P+]([O-])O[P+](=O)[O-].O=[P+]([O-])O[P+](=O)[O-].O=[P+]([O-])O[P+](=O)[O-].[Sm+3].[Sm+3]. The second-order valence-corrected chi connectivity index (χ2v) is 6.23. The monoisotopic (exact) mass is 730 g/mol. The van der Waals surface area contributed by atoms with Crippen LogP contribution in [0.2, 0.25) is 0 Å². The van der Waals surface area contributed by atoms with Crippen LogP contribution in [0.1, 0.15) is 0 Å². The predicted octanol–water partition coefficient (Wildman–Crippen LogP) is -2.88. The van der Waals surface area contributed by atoms with Gasteiger partial charge in [-0.15, -0.1) is 0 Å². The molecule has 0 saturated heterocycles. The van der Waals surface area contributed by atoms with Gasteiger partial charge in [-0.2, -0.15) is 0 Å². The first-order chi connectivity index (χ1) is 9.38. The van der Waals surface area contributed by atoms with E-state index in [1.165, 1.54) is 0 Å². The maximum absolute atomic E-state index is 9.24. The van der Waals surface area contributed by atoms with Gasteiger partial charge < -0.3 is 29.4 Å². The van der Waals surface area contributed by atoms with E-state index in [0.29, 0.717) is 0 Å². The van der Waals surface area contributed by atoms with Crippen LogP contribution in [-0.2, 0) is 40.3 Å². The molecule has 0 amide bonds. The molecule has 6 atom stereocenters. The van der Waals surface area contributed by atoms with Gasteiger partial charge in [0.15, 0.2) is 0 Å². The third-order valence-electron chi connectivity index (χ3n) is 0.400. The molecule has 0 aliphatic rings. The van der Waals surface area contributed by atoms with Crippen LogP contribution in [0.3, 0.4) is 0 Å². The van der Waals surface area contributed by atoms with Gasteiger partial charge in [-0.05, 0) is 27.4 Å². The molecule has 0 spiro atoms. The fourth-order valence-electron chi connectivity index (χ4n) is 0.163. The summed E-state index contributed by atoms with van der Waals surface area (Å²) in [6.07, 6.45) is 0. The maximum Gasteiger partial charge on any atom is 3.00 e. The van der Waals surface area contributed by atoms with Gasteiger partial charge in [-0.25, -0.2) is 0 Å². The van der Waals surface area contributed by atoms with Crippen molar-refractivity contribution < 1.29 is 150 Å². The zero-order valence-electron chi connectivity index (χ0n) is 9.62. The van der Waals surface area contributed by atoms with Gasteiger partial charge in [-0.3, -0.25) is 0 Å². The van der Waals surface area contributed by atoms with Crippen molar-refractivity contribution in [1.29, 1.82) is 0 Å². The van der Waals surface area contributed by atoms with E-state index in [1.54, 1.807) is 0 Å². The molecule has 0 saturated carbocycles. The Kier molecular flexibility index (Phi) is 39.8. The molecule has 0 heterocycles. The Bertz CT molecular complexity index is 318. The molecule has 15 nitrogen and oxygen atoms in total. The fourth-order valence-corrected chi connectivity index (χ4v) is 1.47. The molecule has 0 aromatic heterocycles. The minimum atomic E-state index is -3.24. The average molecular weight is 727 g/mol. The molecule has 0 bridgehead atoms. The summed E-state index contributed by atoms with van der Waals surface area (Å²) < 4.78 is 64.9. The summed E-state index contributed by atoms with van der Waals surface area (Å²) >= 11 is 0. The molecule has 23 heteroatoms. The van der Waals surface area contributed by atoms with Crippen molar-refractivity contribution in [2.24, 2.45) is 0 Å². The summed E-state index contributed by atoms with van der Waals surface area (Å²) in [6, 6.07) is 0. The standard InChI is InChI=1S/3O5P2.2Sm/c3*1-6(2)5-7(3)4;;/q;;;2*+3. The third kappa shape index (κ3) is 58.8. The van der Waals surface area contributed by atoms with Crippen molar-refractivity contribution in [2.75, 3.05) is 0 Å². The summed E-state index contributed by atoms with van der Waals surface area (Å²) in [4.78, 5) is 55.4. The molecule has 0 rings (SSSR count). The zero-order valence-corrected chi connectivity index (χ0v) is 20.2.